The molecule has 1 fully saturated rings. The Morgan fingerprint density at radius 1 is 1.08 bits per heavy atom. The Balaban J connectivity index is 1.69. The normalized spacial score (nSPS) is 15.1. The average molecular weight is 343 g/mol. The number of nitrogens with zero attached hydrogens (tertiary/aromatic N) is 5. The Labute approximate surface area is 145 Å². The summed E-state index contributed by atoms with van der Waals surface area (Å²) in [5, 5.41) is 13.7. The maximum Gasteiger partial charge on any atom is 0.257 e. The molecule has 0 aromatic carbocycles. The molecule has 0 atom stereocenters. The van der Waals surface area contributed by atoms with Gasteiger partial charge in [0.1, 0.15) is 5.75 Å². The van der Waals surface area contributed by atoms with E-state index in [9.17, 15) is 14.7 Å². The highest BCUT2D eigenvalue weighted by Crippen LogP contribution is 2.15. The van der Waals surface area contributed by atoms with E-state index < -0.39 is 0 Å². The molecule has 2 amide bonds. The molecule has 2 aromatic heterocycles. The summed E-state index contributed by atoms with van der Waals surface area (Å²) in [6.07, 6.45) is 5.15. The number of aromatic hydroxyl groups is 1. The third kappa shape index (κ3) is 3.62. The van der Waals surface area contributed by atoms with E-state index in [1.165, 1.54) is 18.5 Å². The molecule has 132 valence electrons. The van der Waals surface area contributed by atoms with E-state index in [0.29, 0.717) is 49.4 Å². The molecule has 0 unspecified atom stereocenters. The van der Waals surface area contributed by atoms with Gasteiger partial charge in [0.05, 0.1) is 23.0 Å². The molecule has 0 radical (unpaired) electrons. The lowest BCUT2D eigenvalue weighted by Gasteiger charge is -2.22. The number of amides is 2. The van der Waals surface area contributed by atoms with Crippen LogP contribution in [-0.2, 0) is 7.05 Å². The summed E-state index contributed by atoms with van der Waals surface area (Å²) in [5.74, 6) is -0.279. The average Bonchev–Trinajstić information content (AvgIpc) is 2.79. The quantitative estimate of drug-likeness (QED) is 0.871. The summed E-state index contributed by atoms with van der Waals surface area (Å²) in [5.41, 5.74) is 1.65. The fourth-order valence-electron chi connectivity index (χ4n) is 3.03. The molecule has 25 heavy (non-hydrogen) atoms. The first-order chi connectivity index (χ1) is 12.0. The van der Waals surface area contributed by atoms with Crippen LogP contribution in [0.4, 0.5) is 0 Å². The Kier molecular flexibility index (Phi) is 4.69. The Morgan fingerprint density at radius 2 is 1.76 bits per heavy atom. The van der Waals surface area contributed by atoms with Crippen molar-refractivity contribution in [3.63, 3.8) is 0 Å². The van der Waals surface area contributed by atoms with E-state index in [2.05, 4.69) is 10.1 Å². The molecule has 1 aliphatic heterocycles. The molecule has 1 aliphatic rings. The minimum absolute atomic E-state index is 0.0375. The van der Waals surface area contributed by atoms with Crippen molar-refractivity contribution >= 4 is 11.8 Å². The first-order valence-electron chi connectivity index (χ1n) is 8.18. The van der Waals surface area contributed by atoms with E-state index in [4.69, 9.17) is 0 Å². The van der Waals surface area contributed by atoms with Gasteiger partial charge in [0.25, 0.3) is 11.8 Å². The second-order valence-electron chi connectivity index (χ2n) is 6.17. The summed E-state index contributed by atoms with van der Waals surface area (Å²) in [6, 6.07) is 1.40. The maximum absolute atomic E-state index is 12.7. The smallest absolute Gasteiger partial charge is 0.257 e. The van der Waals surface area contributed by atoms with Gasteiger partial charge in [-0.15, -0.1) is 0 Å². The van der Waals surface area contributed by atoms with Gasteiger partial charge in [-0.3, -0.25) is 19.3 Å². The number of pyridine rings is 1. The van der Waals surface area contributed by atoms with Crippen molar-refractivity contribution in [1.82, 2.24) is 24.6 Å². The van der Waals surface area contributed by atoms with Gasteiger partial charge in [0, 0.05) is 45.6 Å². The van der Waals surface area contributed by atoms with Gasteiger partial charge < -0.3 is 14.9 Å². The van der Waals surface area contributed by atoms with Crippen LogP contribution in [0.2, 0.25) is 0 Å². The Morgan fingerprint density at radius 3 is 2.36 bits per heavy atom. The largest absolute Gasteiger partial charge is 0.506 e. The van der Waals surface area contributed by atoms with E-state index in [0.717, 1.165) is 0 Å². The number of rotatable bonds is 2. The molecular weight excluding hydrogens is 322 g/mol. The van der Waals surface area contributed by atoms with Gasteiger partial charge in [-0.05, 0) is 19.4 Å². The van der Waals surface area contributed by atoms with Crippen molar-refractivity contribution in [2.75, 3.05) is 26.2 Å². The highest BCUT2D eigenvalue weighted by atomic mass is 16.3. The first kappa shape index (κ1) is 16.9. The van der Waals surface area contributed by atoms with Crippen LogP contribution in [0.5, 0.6) is 5.75 Å². The zero-order valence-corrected chi connectivity index (χ0v) is 14.3. The summed E-state index contributed by atoms with van der Waals surface area (Å²) in [4.78, 5) is 32.6. The molecule has 0 saturated carbocycles. The van der Waals surface area contributed by atoms with Gasteiger partial charge in [0.2, 0.25) is 0 Å². The lowest BCUT2D eigenvalue weighted by molar-refractivity contribution is 0.0718. The predicted octanol–water partition coefficient (Wildman–Crippen LogP) is 0.817. The monoisotopic (exact) mass is 343 g/mol. The van der Waals surface area contributed by atoms with Crippen molar-refractivity contribution in [2.45, 2.75) is 13.3 Å². The summed E-state index contributed by atoms with van der Waals surface area (Å²) in [6.45, 7) is 3.87. The van der Waals surface area contributed by atoms with Crippen LogP contribution in [0.25, 0.3) is 0 Å². The van der Waals surface area contributed by atoms with Crippen LogP contribution in [0, 0.1) is 6.92 Å². The molecular formula is C17H21N5O3. The molecule has 0 spiro atoms. The summed E-state index contributed by atoms with van der Waals surface area (Å²) in [7, 11) is 1.79. The van der Waals surface area contributed by atoms with Crippen LogP contribution < -0.4 is 0 Å². The van der Waals surface area contributed by atoms with Gasteiger partial charge >= 0.3 is 0 Å². The minimum Gasteiger partial charge on any atom is -0.506 e. The van der Waals surface area contributed by atoms with Crippen LogP contribution in [0.1, 0.15) is 32.8 Å². The number of hydrogen-bond acceptors (Lipinski definition) is 5. The van der Waals surface area contributed by atoms with E-state index in [1.807, 2.05) is 6.92 Å². The van der Waals surface area contributed by atoms with Crippen molar-refractivity contribution in [3.8, 4) is 5.75 Å². The van der Waals surface area contributed by atoms with Gasteiger partial charge in [-0.1, -0.05) is 0 Å². The highest BCUT2D eigenvalue weighted by molar-refractivity contribution is 5.96. The Bertz CT molecular complexity index is 801. The molecule has 3 heterocycles. The standard InChI is InChI=1S/C17H21N5O3/c1-12-15(11-20(2)19-12)17(25)22-5-3-4-21(6-7-22)16(24)13-8-14(23)10-18-9-13/h8-11,23H,3-7H2,1-2H3. The lowest BCUT2D eigenvalue weighted by atomic mass is 10.2. The van der Waals surface area contributed by atoms with E-state index >= 15 is 0 Å². The number of aromatic nitrogens is 3. The molecule has 3 rings (SSSR count). The fourth-order valence-corrected chi connectivity index (χ4v) is 3.03. The lowest BCUT2D eigenvalue weighted by Crippen LogP contribution is -2.37. The van der Waals surface area contributed by atoms with Crippen molar-refractivity contribution in [3.05, 3.63) is 41.5 Å². The fraction of sp³-hybridized carbons (Fsp3) is 0.412. The second kappa shape index (κ2) is 6.92. The zero-order chi connectivity index (χ0) is 18.0. The van der Waals surface area contributed by atoms with Gasteiger partial charge in [0.15, 0.2) is 0 Å². The first-order valence-corrected chi connectivity index (χ1v) is 8.18. The Hall–Kier alpha value is -2.90. The summed E-state index contributed by atoms with van der Waals surface area (Å²) >= 11 is 0. The molecule has 0 aliphatic carbocycles. The van der Waals surface area contributed by atoms with Gasteiger partial charge in [-0.2, -0.15) is 5.10 Å². The third-order valence-electron chi connectivity index (χ3n) is 4.28. The second-order valence-corrected chi connectivity index (χ2v) is 6.17. The molecule has 8 nitrogen and oxygen atoms in total. The molecule has 8 heteroatoms. The minimum atomic E-state index is -0.185. The van der Waals surface area contributed by atoms with E-state index in [1.54, 1.807) is 27.7 Å². The summed E-state index contributed by atoms with van der Waals surface area (Å²) < 4.78 is 1.63. The van der Waals surface area contributed by atoms with Gasteiger partial charge in [-0.25, -0.2) is 0 Å². The number of carbonyl (C=O) groups excluding carboxylic acids is 2. The topological polar surface area (TPSA) is 91.6 Å². The maximum atomic E-state index is 12.7. The molecule has 1 saturated heterocycles. The predicted molar refractivity (Wildman–Crippen MR) is 90.3 cm³/mol. The van der Waals surface area contributed by atoms with Crippen LogP contribution in [-0.4, -0.2) is 67.7 Å². The number of hydrogen-bond donors (Lipinski definition) is 1. The van der Waals surface area contributed by atoms with Crippen molar-refractivity contribution in [1.29, 1.82) is 0 Å². The van der Waals surface area contributed by atoms with E-state index in [-0.39, 0.29) is 17.6 Å². The molecule has 0 bridgehead atoms. The highest BCUT2D eigenvalue weighted by Gasteiger charge is 2.25. The zero-order valence-electron chi connectivity index (χ0n) is 14.3. The van der Waals surface area contributed by atoms with Crippen molar-refractivity contribution in [2.24, 2.45) is 7.05 Å². The third-order valence-corrected chi connectivity index (χ3v) is 4.28. The van der Waals surface area contributed by atoms with Crippen LogP contribution >= 0.6 is 0 Å². The molecule has 2 aromatic rings. The number of aryl methyl sites for hydroxylation is 2. The van der Waals surface area contributed by atoms with Crippen molar-refractivity contribution < 1.29 is 14.7 Å². The van der Waals surface area contributed by atoms with Crippen LogP contribution in [0.3, 0.4) is 0 Å². The van der Waals surface area contributed by atoms with Crippen LogP contribution in [0.15, 0.2) is 24.7 Å². The number of carbonyl (C=O) groups is 2. The SMILES string of the molecule is Cc1nn(C)cc1C(=O)N1CCCN(C(=O)c2cncc(O)c2)CC1. The molecule has 1 N–H and O–H groups in total.